The normalized spacial score (nSPS) is 10.8. The first-order valence-corrected chi connectivity index (χ1v) is 8.92. The van der Waals surface area contributed by atoms with Crippen LogP contribution in [-0.2, 0) is 6.54 Å². The van der Waals surface area contributed by atoms with Crippen molar-refractivity contribution in [2.45, 2.75) is 6.54 Å². The van der Waals surface area contributed by atoms with Crippen LogP contribution in [0.5, 0.6) is 0 Å². The number of carbonyl (C=O) groups is 1. The maximum atomic E-state index is 13.1. The molecular weight excluding hydrogens is 353 g/mol. The van der Waals surface area contributed by atoms with Gasteiger partial charge in [0, 0.05) is 12.6 Å². The van der Waals surface area contributed by atoms with E-state index in [0.717, 1.165) is 27.9 Å². The number of benzene rings is 3. The Labute approximate surface area is 162 Å². The zero-order valence-electron chi connectivity index (χ0n) is 15.3. The minimum Gasteiger partial charge on any atom is -0.336 e. The lowest BCUT2D eigenvalue weighted by Crippen LogP contribution is -2.26. The molecule has 0 saturated heterocycles. The van der Waals surface area contributed by atoms with Gasteiger partial charge in [-0.1, -0.05) is 36.4 Å². The number of nitrogens with zero attached hydrogens (tertiary/aromatic N) is 3. The molecule has 0 spiro atoms. The molecule has 0 bridgehead atoms. The molecule has 4 rings (SSSR count). The smallest absolute Gasteiger partial charge is 0.253 e. The van der Waals surface area contributed by atoms with Gasteiger partial charge in [-0.25, -0.2) is 9.37 Å². The van der Waals surface area contributed by atoms with Gasteiger partial charge in [0.25, 0.3) is 5.91 Å². The molecular formula is C23H18FN3O. The summed E-state index contributed by atoms with van der Waals surface area (Å²) in [4.78, 5) is 23.5. The summed E-state index contributed by atoms with van der Waals surface area (Å²) in [6.07, 6.45) is 1.70. The molecule has 0 radical (unpaired) electrons. The Kier molecular flexibility index (Phi) is 4.81. The molecule has 0 saturated carbocycles. The molecule has 1 heterocycles. The summed E-state index contributed by atoms with van der Waals surface area (Å²) in [6, 6.07) is 21.2. The largest absolute Gasteiger partial charge is 0.336 e. The zero-order chi connectivity index (χ0) is 19.5. The molecule has 0 aliphatic heterocycles. The van der Waals surface area contributed by atoms with Gasteiger partial charge < -0.3 is 4.90 Å². The number of carbonyl (C=O) groups excluding carboxylic acids is 1. The van der Waals surface area contributed by atoms with Crippen LogP contribution in [0.25, 0.3) is 22.2 Å². The standard InChI is InChI=1S/C23H18FN3O/c1-27(15-20-14-25-21-7-2-3-8-22(21)26-20)23(28)18-6-4-5-17(13-18)16-9-11-19(24)12-10-16/h2-14H,15H2,1H3. The topological polar surface area (TPSA) is 46.1 Å². The van der Waals surface area contributed by atoms with Gasteiger partial charge in [-0.3, -0.25) is 9.78 Å². The van der Waals surface area contributed by atoms with Crippen molar-refractivity contribution < 1.29 is 9.18 Å². The van der Waals surface area contributed by atoms with Gasteiger partial charge in [0.1, 0.15) is 5.82 Å². The molecule has 4 aromatic rings. The van der Waals surface area contributed by atoms with E-state index >= 15 is 0 Å². The van der Waals surface area contributed by atoms with Crippen LogP contribution in [0.2, 0.25) is 0 Å². The fourth-order valence-electron chi connectivity index (χ4n) is 3.08. The fraction of sp³-hybridized carbons (Fsp3) is 0.0870. The summed E-state index contributed by atoms with van der Waals surface area (Å²) in [7, 11) is 1.74. The monoisotopic (exact) mass is 371 g/mol. The van der Waals surface area contributed by atoms with Crippen LogP contribution in [0.15, 0.2) is 79.0 Å². The van der Waals surface area contributed by atoms with Gasteiger partial charge in [-0.2, -0.15) is 0 Å². The van der Waals surface area contributed by atoms with Crippen LogP contribution in [0.3, 0.4) is 0 Å². The van der Waals surface area contributed by atoms with Crippen LogP contribution in [-0.4, -0.2) is 27.8 Å². The number of halogens is 1. The molecule has 0 aliphatic rings. The molecule has 3 aromatic carbocycles. The predicted molar refractivity (Wildman–Crippen MR) is 107 cm³/mol. The SMILES string of the molecule is CN(Cc1cnc2ccccc2n1)C(=O)c1cccc(-c2ccc(F)cc2)c1. The maximum absolute atomic E-state index is 13.1. The fourth-order valence-corrected chi connectivity index (χ4v) is 3.08. The van der Waals surface area contributed by atoms with Crippen molar-refractivity contribution in [3.05, 3.63) is 96.1 Å². The molecule has 5 heteroatoms. The van der Waals surface area contributed by atoms with E-state index in [-0.39, 0.29) is 11.7 Å². The summed E-state index contributed by atoms with van der Waals surface area (Å²) in [6.45, 7) is 0.359. The summed E-state index contributed by atoms with van der Waals surface area (Å²) in [5.74, 6) is -0.397. The highest BCUT2D eigenvalue weighted by Crippen LogP contribution is 2.21. The first-order valence-electron chi connectivity index (χ1n) is 8.92. The second kappa shape index (κ2) is 7.56. The van der Waals surface area contributed by atoms with E-state index in [1.54, 1.807) is 36.3 Å². The van der Waals surface area contributed by atoms with E-state index in [4.69, 9.17) is 0 Å². The average Bonchev–Trinajstić information content (AvgIpc) is 2.73. The number of aromatic nitrogens is 2. The summed E-state index contributed by atoms with van der Waals surface area (Å²) >= 11 is 0. The van der Waals surface area contributed by atoms with Crippen LogP contribution in [0.1, 0.15) is 16.1 Å². The molecule has 138 valence electrons. The van der Waals surface area contributed by atoms with Gasteiger partial charge in [-0.15, -0.1) is 0 Å². The summed E-state index contributed by atoms with van der Waals surface area (Å²) in [5.41, 5.74) is 4.65. The van der Waals surface area contributed by atoms with E-state index in [2.05, 4.69) is 9.97 Å². The Morgan fingerprint density at radius 1 is 0.929 bits per heavy atom. The zero-order valence-corrected chi connectivity index (χ0v) is 15.3. The molecule has 0 unspecified atom stereocenters. The maximum Gasteiger partial charge on any atom is 0.253 e. The Bertz CT molecular complexity index is 1140. The van der Waals surface area contributed by atoms with E-state index in [1.807, 2.05) is 42.5 Å². The van der Waals surface area contributed by atoms with Crippen molar-refractivity contribution >= 4 is 16.9 Å². The van der Waals surface area contributed by atoms with Crippen LogP contribution in [0.4, 0.5) is 4.39 Å². The molecule has 0 aliphatic carbocycles. The van der Waals surface area contributed by atoms with Gasteiger partial charge in [-0.05, 0) is 47.5 Å². The molecule has 0 atom stereocenters. The minimum absolute atomic E-state index is 0.112. The van der Waals surface area contributed by atoms with Gasteiger partial charge in [0.05, 0.1) is 29.5 Å². The highest BCUT2D eigenvalue weighted by atomic mass is 19.1. The Morgan fingerprint density at radius 2 is 1.68 bits per heavy atom. The second-order valence-corrected chi connectivity index (χ2v) is 6.60. The second-order valence-electron chi connectivity index (χ2n) is 6.60. The lowest BCUT2D eigenvalue weighted by atomic mass is 10.0. The third-order valence-electron chi connectivity index (χ3n) is 4.53. The van der Waals surface area contributed by atoms with E-state index in [9.17, 15) is 9.18 Å². The number of rotatable bonds is 4. The van der Waals surface area contributed by atoms with Crippen molar-refractivity contribution in [3.63, 3.8) is 0 Å². The van der Waals surface area contributed by atoms with Crippen LogP contribution in [0, 0.1) is 5.82 Å². The van der Waals surface area contributed by atoms with Crippen molar-refractivity contribution in [3.8, 4) is 11.1 Å². The first-order chi connectivity index (χ1) is 13.6. The predicted octanol–water partition coefficient (Wildman–Crippen LogP) is 4.71. The Hall–Kier alpha value is -3.60. The number of para-hydroxylation sites is 2. The molecule has 4 nitrogen and oxygen atoms in total. The number of amides is 1. The Balaban J connectivity index is 1.54. The first kappa shape index (κ1) is 17.8. The molecule has 28 heavy (non-hydrogen) atoms. The number of hydrogen-bond acceptors (Lipinski definition) is 3. The highest BCUT2D eigenvalue weighted by molar-refractivity contribution is 5.95. The third kappa shape index (κ3) is 3.74. The molecule has 1 aromatic heterocycles. The molecule has 0 fully saturated rings. The van der Waals surface area contributed by atoms with E-state index < -0.39 is 0 Å². The van der Waals surface area contributed by atoms with Crippen LogP contribution < -0.4 is 0 Å². The quantitative estimate of drug-likeness (QED) is 0.522. The van der Waals surface area contributed by atoms with Gasteiger partial charge >= 0.3 is 0 Å². The van der Waals surface area contributed by atoms with E-state index in [0.29, 0.717) is 12.1 Å². The molecule has 1 amide bonds. The van der Waals surface area contributed by atoms with Gasteiger partial charge in [0.2, 0.25) is 0 Å². The number of hydrogen-bond donors (Lipinski definition) is 0. The average molecular weight is 371 g/mol. The summed E-state index contributed by atoms with van der Waals surface area (Å²) in [5, 5.41) is 0. The van der Waals surface area contributed by atoms with Crippen molar-refractivity contribution in [2.24, 2.45) is 0 Å². The minimum atomic E-state index is -0.285. The highest BCUT2D eigenvalue weighted by Gasteiger charge is 2.14. The number of fused-ring (bicyclic) bond motifs is 1. The third-order valence-corrected chi connectivity index (χ3v) is 4.53. The van der Waals surface area contributed by atoms with Crippen molar-refractivity contribution in [1.82, 2.24) is 14.9 Å². The van der Waals surface area contributed by atoms with Crippen molar-refractivity contribution in [1.29, 1.82) is 0 Å². The lowest BCUT2D eigenvalue weighted by molar-refractivity contribution is 0.0783. The lowest BCUT2D eigenvalue weighted by Gasteiger charge is -2.17. The Morgan fingerprint density at radius 3 is 2.46 bits per heavy atom. The summed E-state index contributed by atoms with van der Waals surface area (Å²) < 4.78 is 13.1. The van der Waals surface area contributed by atoms with Gasteiger partial charge in [0.15, 0.2) is 0 Å². The van der Waals surface area contributed by atoms with Crippen molar-refractivity contribution in [2.75, 3.05) is 7.05 Å². The van der Waals surface area contributed by atoms with E-state index in [1.165, 1.54) is 12.1 Å². The van der Waals surface area contributed by atoms with Crippen LogP contribution >= 0.6 is 0 Å². The molecule has 0 N–H and O–H groups in total.